The van der Waals surface area contributed by atoms with Crippen molar-refractivity contribution in [3.05, 3.63) is 59.4 Å². The predicted octanol–water partition coefficient (Wildman–Crippen LogP) is 3.40. The fourth-order valence-corrected chi connectivity index (χ4v) is 2.35. The van der Waals surface area contributed by atoms with Crippen LogP contribution >= 0.6 is 0 Å². The largest absolute Gasteiger partial charge is 0.489 e. The molecule has 3 nitrogen and oxygen atoms in total. The first kappa shape index (κ1) is 14.5. The van der Waals surface area contributed by atoms with Crippen LogP contribution < -0.4 is 10.5 Å². The Morgan fingerprint density at radius 1 is 1.20 bits per heavy atom. The molecule has 3 heteroatoms. The van der Waals surface area contributed by atoms with Crippen LogP contribution in [0.1, 0.15) is 37.5 Å². The highest BCUT2D eigenvalue weighted by Gasteiger charge is 2.26. The van der Waals surface area contributed by atoms with Crippen molar-refractivity contribution in [2.45, 2.75) is 39.3 Å². The number of hydrogen-bond acceptors (Lipinski definition) is 3. The minimum atomic E-state index is -0.589. The number of hydrogen-bond donors (Lipinski definition) is 1. The van der Waals surface area contributed by atoms with Gasteiger partial charge in [0.15, 0.2) is 0 Å². The Kier molecular flexibility index (Phi) is 4.09. The molecule has 0 fully saturated rings. The van der Waals surface area contributed by atoms with Crippen LogP contribution in [0.2, 0.25) is 0 Å². The summed E-state index contributed by atoms with van der Waals surface area (Å²) < 4.78 is 5.70. The van der Waals surface area contributed by atoms with E-state index >= 15 is 0 Å². The highest BCUT2D eigenvalue weighted by Crippen LogP contribution is 2.30. The lowest BCUT2D eigenvalue weighted by molar-refractivity contribution is 0.241. The van der Waals surface area contributed by atoms with E-state index < -0.39 is 5.54 Å². The summed E-state index contributed by atoms with van der Waals surface area (Å²) in [6, 6.07) is 10.1. The summed E-state index contributed by atoms with van der Waals surface area (Å²) in [6.45, 7) is 8.07. The Morgan fingerprint density at radius 2 is 1.90 bits per heavy atom. The van der Waals surface area contributed by atoms with Crippen LogP contribution in [0.4, 0.5) is 0 Å². The van der Waals surface area contributed by atoms with E-state index in [2.05, 4.69) is 24.0 Å². The van der Waals surface area contributed by atoms with Gasteiger partial charge in [-0.15, -0.1) is 0 Å². The molecule has 0 amide bonds. The van der Waals surface area contributed by atoms with Gasteiger partial charge in [0.25, 0.3) is 0 Å². The molecule has 20 heavy (non-hydrogen) atoms. The molecule has 0 radical (unpaired) electrons. The number of aromatic nitrogens is 1. The second-order valence-electron chi connectivity index (χ2n) is 5.59. The van der Waals surface area contributed by atoms with Crippen molar-refractivity contribution < 1.29 is 4.74 Å². The van der Waals surface area contributed by atoms with E-state index in [9.17, 15) is 0 Å². The molecule has 0 aliphatic carbocycles. The summed E-state index contributed by atoms with van der Waals surface area (Å²) in [5.41, 5.74) is 9.20. The molecule has 2 aromatic rings. The van der Waals surface area contributed by atoms with Gasteiger partial charge in [0.05, 0.1) is 17.8 Å². The van der Waals surface area contributed by atoms with Crippen molar-refractivity contribution in [2.75, 3.05) is 0 Å². The maximum Gasteiger partial charge on any atom is 0.138 e. The van der Waals surface area contributed by atoms with Gasteiger partial charge in [-0.1, -0.05) is 24.3 Å². The monoisotopic (exact) mass is 270 g/mol. The Hall–Kier alpha value is -1.87. The molecule has 0 aliphatic rings. The van der Waals surface area contributed by atoms with Crippen LogP contribution in [0.15, 0.2) is 42.7 Å². The molecule has 1 aromatic heterocycles. The van der Waals surface area contributed by atoms with Gasteiger partial charge in [0.2, 0.25) is 0 Å². The van der Waals surface area contributed by atoms with E-state index in [0.717, 1.165) is 16.9 Å². The molecule has 2 N–H and O–H groups in total. The maximum atomic E-state index is 6.56. The zero-order chi connectivity index (χ0) is 14.8. The third-order valence-electron chi connectivity index (χ3n) is 3.39. The average Bonchev–Trinajstić information content (AvgIpc) is 2.38. The molecule has 0 saturated heterocycles. The van der Waals surface area contributed by atoms with Gasteiger partial charge in [-0.25, -0.2) is 0 Å². The normalized spacial score (nSPS) is 14.1. The zero-order valence-electron chi connectivity index (χ0n) is 12.6. The first-order valence-electron chi connectivity index (χ1n) is 6.88. The lowest BCUT2D eigenvalue weighted by Crippen LogP contribution is -2.35. The third-order valence-corrected chi connectivity index (χ3v) is 3.39. The first-order chi connectivity index (χ1) is 9.41. The number of rotatable bonds is 4. The van der Waals surface area contributed by atoms with Crippen molar-refractivity contribution >= 4 is 0 Å². The molecule has 0 aliphatic heterocycles. The Bertz CT molecular complexity index is 591. The zero-order valence-corrected chi connectivity index (χ0v) is 12.6. The quantitative estimate of drug-likeness (QED) is 0.926. The molecule has 1 heterocycles. The van der Waals surface area contributed by atoms with E-state index in [1.165, 1.54) is 5.56 Å². The van der Waals surface area contributed by atoms with Gasteiger partial charge >= 0.3 is 0 Å². The SMILES string of the molecule is Cc1ccccc1C(C)(N)c1cncc(OC(C)C)c1. The van der Waals surface area contributed by atoms with Crippen molar-refractivity contribution in [3.63, 3.8) is 0 Å². The van der Waals surface area contributed by atoms with E-state index in [-0.39, 0.29) is 6.10 Å². The smallest absolute Gasteiger partial charge is 0.138 e. The minimum absolute atomic E-state index is 0.120. The van der Waals surface area contributed by atoms with Gasteiger partial charge < -0.3 is 10.5 Å². The van der Waals surface area contributed by atoms with Crippen LogP contribution in [-0.2, 0) is 5.54 Å². The molecule has 0 spiro atoms. The Balaban J connectivity index is 2.41. The first-order valence-corrected chi connectivity index (χ1v) is 6.88. The van der Waals surface area contributed by atoms with Gasteiger partial charge in [0.1, 0.15) is 5.75 Å². The summed E-state index contributed by atoms with van der Waals surface area (Å²) in [7, 11) is 0. The van der Waals surface area contributed by atoms with Gasteiger partial charge in [-0.05, 0) is 50.5 Å². The lowest BCUT2D eigenvalue weighted by Gasteiger charge is -2.27. The molecule has 1 unspecified atom stereocenters. The molecule has 2 rings (SSSR count). The molecule has 0 saturated carbocycles. The number of nitrogens with zero attached hydrogens (tertiary/aromatic N) is 1. The highest BCUT2D eigenvalue weighted by atomic mass is 16.5. The van der Waals surface area contributed by atoms with Crippen LogP contribution in [0.3, 0.4) is 0 Å². The van der Waals surface area contributed by atoms with Gasteiger partial charge in [-0.2, -0.15) is 0 Å². The highest BCUT2D eigenvalue weighted by molar-refractivity contribution is 5.42. The van der Waals surface area contributed by atoms with Crippen LogP contribution in [0, 0.1) is 6.92 Å². The molecule has 1 atom stereocenters. The van der Waals surface area contributed by atoms with Gasteiger partial charge in [0, 0.05) is 6.20 Å². The van der Waals surface area contributed by atoms with Crippen molar-refractivity contribution in [2.24, 2.45) is 5.73 Å². The molecule has 106 valence electrons. The molecular weight excluding hydrogens is 248 g/mol. The standard InChI is InChI=1S/C17H22N2O/c1-12(2)20-15-9-14(10-19-11-15)17(4,18)16-8-6-5-7-13(16)3/h5-12H,18H2,1-4H3. The summed E-state index contributed by atoms with van der Waals surface area (Å²) in [6.07, 6.45) is 3.64. The molecule has 1 aromatic carbocycles. The summed E-state index contributed by atoms with van der Waals surface area (Å²) in [4.78, 5) is 4.25. The topological polar surface area (TPSA) is 48.1 Å². The number of pyridine rings is 1. The maximum absolute atomic E-state index is 6.56. The van der Waals surface area contributed by atoms with Gasteiger partial charge in [-0.3, -0.25) is 4.98 Å². The number of aryl methyl sites for hydroxylation is 1. The van der Waals surface area contributed by atoms with Crippen molar-refractivity contribution in [3.8, 4) is 5.75 Å². The average molecular weight is 270 g/mol. The Labute approximate surface area is 120 Å². The number of benzene rings is 1. The van der Waals surface area contributed by atoms with E-state index in [1.54, 1.807) is 12.4 Å². The summed E-state index contributed by atoms with van der Waals surface area (Å²) in [5, 5.41) is 0. The second kappa shape index (κ2) is 5.63. The number of nitrogens with two attached hydrogens (primary N) is 1. The molecular formula is C17H22N2O. The van der Waals surface area contributed by atoms with Crippen LogP contribution in [-0.4, -0.2) is 11.1 Å². The second-order valence-corrected chi connectivity index (χ2v) is 5.59. The van der Waals surface area contributed by atoms with E-state index in [1.807, 2.05) is 39.0 Å². The minimum Gasteiger partial charge on any atom is -0.489 e. The van der Waals surface area contributed by atoms with Crippen LogP contribution in [0.25, 0.3) is 0 Å². The number of ether oxygens (including phenoxy) is 1. The Morgan fingerprint density at radius 3 is 2.55 bits per heavy atom. The summed E-state index contributed by atoms with van der Waals surface area (Å²) >= 11 is 0. The lowest BCUT2D eigenvalue weighted by atomic mass is 9.84. The third kappa shape index (κ3) is 2.99. The van der Waals surface area contributed by atoms with E-state index in [0.29, 0.717) is 0 Å². The molecule has 0 bridgehead atoms. The summed E-state index contributed by atoms with van der Waals surface area (Å²) in [5.74, 6) is 0.753. The predicted molar refractivity (Wildman–Crippen MR) is 81.8 cm³/mol. The van der Waals surface area contributed by atoms with Crippen molar-refractivity contribution in [1.82, 2.24) is 4.98 Å². The van der Waals surface area contributed by atoms with E-state index in [4.69, 9.17) is 10.5 Å². The fourth-order valence-electron chi connectivity index (χ4n) is 2.35. The van der Waals surface area contributed by atoms with Crippen LogP contribution in [0.5, 0.6) is 5.75 Å². The fraction of sp³-hybridized carbons (Fsp3) is 0.353. The van der Waals surface area contributed by atoms with Crippen molar-refractivity contribution in [1.29, 1.82) is 0 Å².